The van der Waals surface area contributed by atoms with Crippen LogP contribution in [0.2, 0.25) is 0 Å². The molecule has 8 rings (SSSR count). The van der Waals surface area contributed by atoms with E-state index in [0.717, 1.165) is 24.3 Å². The summed E-state index contributed by atoms with van der Waals surface area (Å²) in [5.74, 6) is -0.952. The van der Waals surface area contributed by atoms with Crippen molar-refractivity contribution < 1.29 is 72.3 Å². The molecule has 0 spiro atoms. The fraction of sp³-hybridized carbons (Fsp3) is 0.167. The molecule has 2 heterocycles. The van der Waals surface area contributed by atoms with Crippen LogP contribution in [0.4, 0.5) is 58.4 Å². The summed E-state index contributed by atoms with van der Waals surface area (Å²) in [6.07, 6.45) is 2.29. The Morgan fingerprint density at radius 2 is 0.691 bits per heavy atom. The summed E-state index contributed by atoms with van der Waals surface area (Å²) < 4.78 is 141. The molecule has 33 heteroatoms. The maximum atomic E-state index is 12.9. The van der Waals surface area contributed by atoms with Gasteiger partial charge >= 0.3 is 0 Å². The van der Waals surface area contributed by atoms with Gasteiger partial charge in [-0.15, -0.1) is 0 Å². The summed E-state index contributed by atoms with van der Waals surface area (Å²) in [5, 5.41) is 51.8. The monoisotopic (exact) mass is 1200 g/mol. The number of aromatic nitrogens is 6. The molecule has 6 aromatic carbocycles. The normalized spacial score (nSPS) is 12.1. The molecule has 0 saturated heterocycles. The molecule has 0 atom stereocenters. The number of anilines is 10. The number of fused-ring (bicyclic) bond motifs is 2. The third kappa shape index (κ3) is 15.1. The van der Waals surface area contributed by atoms with Gasteiger partial charge in [-0.1, -0.05) is 72.8 Å². The molecule has 0 unspecified atom stereocenters. The first-order chi connectivity index (χ1) is 38.0. The fourth-order valence-corrected chi connectivity index (χ4v) is 11.0. The summed E-state index contributed by atoms with van der Waals surface area (Å²) >= 11 is 0. The average Bonchev–Trinajstić information content (AvgIpc) is 3.44. The summed E-state index contributed by atoms with van der Waals surface area (Å²) in [4.78, 5) is 27.1. The number of hydrogen-bond acceptors (Lipinski definition) is 24. The van der Waals surface area contributed by atoms with Gasteiger partial charge in [0.1, 0.15) is 19.6 Å². The van der Waals surface area contributed by atoms with Crippen LogP contribution >= 0.6 is 0 Å². The molecule has 0 saturated carbocycles. The Bertz CT molecular complexity index is 3880. The van der Waals surface area contributed by atoms with E-state index in [-0.39, 0.29) is 172 Å². The molecule has 0 amide bonds. The molecule has 81 heavy (non-hydrogen) atoms. The van der Waals surface area contributed by atoms with Crippen LogP contribution in [0.3, 0.4) is 0 Å². The Kier molecular flexibility index (Phi) is 19.6. The van der Waals surface area contributed by atoms with Crippen LogP contribution in [-0.4, -0.2) is 184 Å². The second-order valence-electron chi connectivity index (χ2n) is 17.0. The molecule has 28 nitrogen and oxygen atoms in total. The second-order valence-corrected chi connectivity index (χ2v) is 22.5. The molecule has 1 radical (unpaired) electrons. The largest absolute Gasteiger partial charge is 0.395 e. The van der Waals surface area contributed by atoms with E-state index in [4.69, 9.17) is 0 Å². The minimum absolute atomic E-state index is 0. The zero-order valence-electron chi connectivity index (χ0n) is 42.3. The molecular formula is C48H48N12NaO16S4. The van der Waals surface area contributed by atoms with E-state index < -0.39 is 50.3 Å². The van der Waals surface area contributed by atoms with Gasteiger partial charge in [0.05, 0.1) is 26.4 Å². The molecule has 421 valence electrons. The van der Waals surface area contributed by atoms with Gasteiger partial charge in [0.25, 0.3) is 40.5 Å². The van der Waals surface area contributed by atoms with Crippen molar-refractivity contribution in [2.75, 3.05) is 83.7 Å². The summed E-state index contributed by atoms with van der Waals surface area (Å²) in [7, 11) is -19.4. The van der Waals surface area contributed by atoms with Gasteiger partial charge in [-0.25, -0.2) is 0 Å². The second kappa shape index (κ2) is 25.8. The van der Waals surface area contributed by atoms with Crippen LogP contribution in [-0.2, 0) is 40.5 Å². The minimum atomic E-state index is -5.06. The van der Waals surface area contributed by atoms with E-state index in [9.17, 15) is 72.3 Å². The number of nitrogens with zero attached hydrogens (tertiary/aromatic N) is 8. The third-order valence-corrected chi connectivity index (χ3v) is 15.3. The van der Waals surface area contributed by atoms with Gasteiger partial charge < -0.3 is 51.5 Å². The number of rotatable bonds is 24. The van der Waals surface area contributed by atoms with E-state index in [2.05, 4.69) is 51.2 Å². The predicted molar refractivity (Wildman–Crippen MR) is 300 cm³/mol. The van der Waals surface area contributed by atoms with Crippen molar-refractivity contribution in [2.24, 2.45) is 0 Å². The molecule has 12 N–H and O–H groups in total. The Morgan fingerprint density at radius 3 is 1.00 bits per heavy atom. The van der Waals surface area contributed by atoms with Gasteiger partial charge in [0.2, 0.25) is 35.7 Å². The first-order valence-electron chi connectivity index (χ1n) is 23.4. The number of benzene rings is 6. The predicted octanol–water partition coefficient (Wildman–Crippen LogP) is 3.70. The van der Waals surface area contributed by atoms with Crippen LogP contribution in [0.5, 0.6) is 0 Å². The summed E-state index contributed by atoms with van der Waals surface area (Å²) in [6.45, 7) is -1.78. The zero-order chi connectivity index (χ0) is 57.6. The van der Waals surface area contributed by atoms with Crippen LogP contribution in [0, 0.1) is 0 Å². The smallest absolute Gasteiger partial charge is 0.295 e. The van der Waals surface area contributed by atoms with Crippen LogP contribution < -0.4 is 31.1 Å². The van der Waals surface area contributed by atoms with Crippen molar-refractivity contribution in [3.8, 4) is 0 Å². The zero-order valence-corrected chi connectivity index (χ0v) is 47.5. The molecule has 0 bridgehead atoms. The number of aliphatic hydroxyl groups excluding tert-OH is 4. The van der Waals surface area contributed by atoms with Crippen molar-refractivity contribution in [3.05, 3.63) is 120 Å². The first-order valence-corrected chi connectivity index (χ1v) is 29.2. The van der Waals surface area contributed by atoms with Crippen molar-refractivity contribution in [1.29, 1.82) is 0 Å². The summed E-state index contributed by atoms with van der Waals surface area (Å²) in [6, 6.07) is 24.7. The van der Waals surface area contributed by atoms with E-state index in [1.165, 1.54) is 70.5 Å². The van der Waals surface area contributed by atoms with Gasteiger partial charge in [-0.3, -0.25) is 18.2 Å². The number of aliphatic hydroxyl groups is 4. The van der Waals surface area contributed by atoms with Crippen molar-refractivity contribution in [2.45, 2.75) is 19.6 Å². The molecule has 2 aromatic heterocycles. The number of hydrogen-bond donors (Lipinski definition) is 12. The van der Waals surface area contributed by atoms with Gasteiger partial charge in [0.15, 0.2) is 0 Å². The maximum Gasteiger partial charge on any atom is 0.295 e. The van der Waals surface area contributed by atoms with E-state index >= 15 is 0 Å². The van der Waals surface area contributed by atoms with Crippen LogP contribution in [0.1, 0.15) is 11.1 Å². The van der Waals surface area contributed by atoms with Crippen molar-refractivity contribution >= 4 is 162 Å². The third-order valence-electron chi connectivity index (χ3n) is 11.6. The Morgan fingerprint density at radius 1 is 0.383 bits per heavy atom. The summed E-state index contributed by atoms with van der Waals surface area (Å²) in [5.41, 5.74) is 0.163. The quantitative estimate of drug-likeness (QED) is 0.0233. The topological polar surface area (TPSA) is 430 Å². The Labute approximate surface area is 484 Å². The van der Waals surface area contributed by atoms with E-state index in [1.807, 2.05) is 0 Å². The molecule has 0 aliphatic carbocycles. The van der Waals surface area contributed by atoms with Gasteiger partial charge in [-0.05, 0) is 59.7 Å². The molecule has 0 fully saturated rings. The van der Waals surface area contributed by atoms with Crippen molar-refractivity contribution in [3.63, 3.8) is 0 Å². The SMILES string of the molecule is O=S(=O)(O)c1cc(Nc2nc(Nc3ccc(S(=O)(=O)O)c4ccccc34)nc(N(CCO)CCO)n2)ccc1C=Cc1ccc(Nc2nc(Nc3ccc(S(=O)(=O)O)c4ccccc34)nc(N(CCO)CCO)n2)cc1S(=O)(=O)O.[Na]. The Hall–Kier alpha value is -7.12. The maximum absolute atomic E-state index is 12.9. The van der Waals surface area contributed by atoms with Gasteiger partial charge in [0, 0.05) is 100 Å². The molecule has 0 aliphatic heterocycles. The molecular weight excluding hydrogens is 1150 g/mol. The molecule has 8 aromatic rings. The fourth-order valence-electron chi connectivity index (χ4n) is 8.18. The van der Waals surface area contributed by atoms with E-state index in [1.54, 1.807) is 36.4 Å². The standard InChI is InChI=1S/C48H48N12O16S4.Na/c61-23-19-59(20-24-62)47-55-43(53-45(57-47)51-37-15-17-39(77(65,66)67)35-7-3-1-5-33(35)37)49-31-13-11-29(41(27-31)79(71,72)73)9-10-30-12-14-32(28-42(30)80(74,75)76)50-44-54-46(58-48(56-44)60(21-25-63)22-26-64)52-38-16-18-40(78(68,69)70)36-8-4-2-6-34(36)38;/h1-18,27-28,61-64H,19-26H2,(H,65,66,67)(H,68,69,70)(H,71,72,73)(H,74,75,76)(H2,49,51,53,55,57)(H2,50,52,54,56,58);. The average molecular weight is 1200 g/mol. The van der Waals surface area contributed by atoms with E-state index in [0.29, 0.717) is 10.8 Å². The molecule has 0 aliphatic rings. The minimum Gasteiger partial charge on any atom is -0.395 e. The van der Waals surface area contributed by atoms with Crippen LogP contribution in [0.15, 0.2) is 129 Å². The Balaban J connectivity index is 0.00000946. The first kappa shape index (κ1) is 61.5. The van der Waals surface area contributed by atoms with Crippen LogP contribution in [0.25, 0.3) is 33.7 Å². The van der Waals surface area contributed by atoms with Crippen molar-refractivity contribution in [1.82, 2.24) is 29.9 Å². The number of nitrogens with one attached hydrogen (secondary N) is 4. The van der Waals surface area contributed by atoms with Gasteiger partial charge in [-0.2, -0.15) is 63.6 Å².